The highest BCUT2D eigenvalue weighted by Gasteiger charge is 2.12. The number of carbonyl (C=O) groups excluding carboxylic acids is 1. The quantitative estimate of drug-likeness (QED) is 0.630. The van der Waals surface area contributed by atoms with Crippen molar-refractivity contribution in [3.8, 4) is 6.07 Å². The molecule has 0 saturated heterocycles. The number of ether oxygens (including phenoxy) is 1. The molecule has 0 spiro atoms. The molecule has 0 aliphatic rings. The van der Waals surface area contributed by atoms with Crippen molar-refractivity contribution in [2.45, 2.75) is 20.0 Å². The molecule has 0 fully saturated rings. The van der Waals surface area contributed by atoms with Crippen LogP contribution in [-0.4, -0.2) is 20.9 Å². The molecular weight excluding hydrogens is 356 g/mol. The fourth-order valence-corrected chi connectivity index (χ4v) is 2.56. The highest BCUT2D eigenvalue weighted by atomic mass is 16.5. The first-order valence-corrected chi connectivity index (χ1v) is 8.61. The van der Waals surface area contributed by atoms with Crippen LogP contribution in [0.1, 0.15) is 34.2 Å². The van der Waals surface area contributed by atoms with Crippen LogP contribution in [0.4, 0.5) is 17.6 Å². The average molecular weight is 374 g/mol. The summed E-state index contributed by atoms with van der Waals surface area (Å²) < 4.78 is 5.23. The normalized spacial score (nSPS) is 10.1. The summed E-state index contributed by atoms with van der Waals surface area (Å²) in [5.74, 6) is -0.0781. The number of carbonyl (C=O) groups is 1. The number of hydrogen-bond donors (Lipinski definition) is 2. The number of nitrogen functional groups attached to an aromatic ring is 1. The molecule has 0 aliphatic carbocycles. The van der Waals surface area contributed by atoms with Gasteiger partial charge in [-0.1, -0.05) is 31.2 Å². The van der Waals surface area contributed by atoms with E-state index in [0.29, 0.717) is 5.56 Å². The molecular formula is C20H18N6O2. The van der Waals surface area contributed by atoms with Crippen molar-refractivity contribution in [1.29, 1.82) is 5.26 Å². The number of esters is 1. The molecule has 1 aromatic heterocycles. The predicted octanol–water partition coefficient (Wildman–Crippen LogP) is 2.99. The molecule has 0 atom stereocenters. The first-order chi connectivity index (χ1) is 13.6. The molecule has 140 valence electrons. The number of nitrogens with two attached hydrogens (primary N) is 1. The lowest BCUT2D eigenvalue weighted by atomic mass is 10.1. The largest absolute Gasteiger partial charge is 0.454 e. The van der Waals surface area contributed by atoms with E-state index in [1.165, 1.54) is 6.07 Å². The number of benzene rings is 2. The van der Waals surface area contributed by atoms with Crippen LogP contribution in [0.2, 0.25) is 0 Å². The van der Waals surface area contributed by atoms with Crippen LogP contribution in [0.3, 0.4) is 0 Å². The molecule has 1 heterocycles. The molecule has 0 amide bonds. The Balaban J connectivity index is 1.73. The van der Waals surface area contributed by atoms with E-state index in [2.05, 4.69) is 27.2 Å². The van der Waals surface area contributed by atoms with Gasteiger partial charge in [0.2, 0.25) is 11.9 Å². The van der Waals surface area contributed by atoms with Gasteiger partial charge in [-0.15, -0.1) is 0 Å². The zero-order valence-electron chi connectivity index (χ0n) is 15.2. The molecule has 0 saturated carbocycles. The standard InChI is InChI=1S/C20H18N6O2/c1-2-14-7-3-4-9-16(14)23-20-25-17(24-19(22)26-20)12-28-18(27)15-8-5-6-13(10-15)11-21/h3-10H,2,12H2,1H3,(H3,22,23,24,25,26). The third-order valence-electron chi connectivity index (χ3n) is 3.90. The van der Waals surface area contributed by atoms with Gasteiger partial charge in [0.25, 0.3) is 0 Å². The number of aromatic nitrogens is 3. The predicted molar refractivity (Wildman–Crippen MR) is 104 cm³/mol. The second-order valence-electron chi connectivity index (χ2n) is 5.84. The molecule has 0 unspecified atom stereocenters. The SMILES string of the molecule is CCc1ccccc1Nc1nc(N)nc(COC(=O)c2cccc(C#N)c2)n1. The highest BCUT2D eigenvalue weighted by Crippen LogP contribution is 2.19. The van der Waals surface area contributed by atoms with Gasteiger partial charge in [-0.3, -0.25) is 0 Å². The Morgan fingerprint density at radius 2 is 2.00 bits per heavy atom. The Hall–Kier alpha value is -3.99. The minimum atomic E-state index is -0.582. The Bertz CT molecular complexity index is 1040. The summed E-state index contributed by atoms with van der Waals surface area (Å²) in [5.41, 5.74) is 8.38. The lowest BCUT2D eigenvalue weighted by Crippen LogP contribution is -2.11. The van der Waals surface area contributed by atoms with Gasteiger partial charge in [-0.05, 0) is 36.2 Å². The molecule has 0 radical (unpaired) electrons. The Kier molecular flexibility index (Phi) is 5.77. The number of hydrogen-bond acceptors (Lipinski definition) is 8. The molecule has 0 aliphatic heterocycles. The van der Waals surface area contributed by atoms with Gasteiger partial charge in [-0.25, -0.2) is 4.79 Å². The van der Waals surface area contributed by atoms with E-state index >= 15 is 0 Å². The molecule has 8 heteroatoms. The van der Waals surface area contributed by atoms with Gasteiger partial charge in [0, 0.05) is 5.69 Å². The van der Waals surface area contributed by atoms with Gasteiger partial charge in [0.05, 0.1) is 17.2 Å². The van der Waals surface area contributed by atoms with Crippen molar-refractivity contribution in [3.05, 3.63) is 71.0 Å². The number of anilines is 3. The summed E-state index contributed by atoms with van der Waals surface area (Å²) in [6.45, 7) is 1.88. The zero-order chi connectivity index (χ0) is 19.9. The maximum Gasteiger partial charge on any atom is 0.338 e. The molecule has 3 N–H and O–H groups in total. The van der Waals surface area contributed by atoms with E-state index in [1.807, 2.05) is 30.3 Å². The summed E-state index contributed by atoms with van der Waals surface area (Å²) in [5, 5.41) is 12.0. The van der Waals surface area contributed by atoms with Gasteiger partial charge < -0.3 is 15.8 Å². The third kappa shape index (κ3) is 4.59. The van der Waals surface area contributed by atoms with E-state index in [0.717, 1.165) is 17.7 Å². The summed E-state index contributed by atoms with van der Waals surface area (Å²) in [6, 6.07) is 16.0. The topological polar surface area (TPSA) is 127 Å². The second kappa shape index (κ2) is 8.60. The van der Waals surface area contributed by atoms with Crippen LogP contribution in [0.25, 0.3) is 0 Å². The van der Waals surface area contributed by atoms with E-state index in [9.17, 15) is 4.79 Å². The lowest BCUT2D eigenvalue weighted by molar-refractivity contribution is 0.0462. The molecule has 3 rings (SSSR count). The van der Waals surface area contributed by atoms with E-state index in [4.69, 9.17) is 15.7 Å². The van der Waals surface area contributed by atoms with Crippen molar-refractivity contribution in [2.75, 3.05) is 11.1 Å². The summed E-state index contributed by atoms with van der Waals surface area (Å²) in [4.78, 5) is 24.5. The summed E-state index contributed by atoms with van der Waals surface area (Å²) in [7, 11) is 0. The van der Waals surface area contributed by atoms with Crippen LogP contribution >= 0.6 is 0 Å². The Morgan fingerprint density at radius 3 is 2.79 bits per heavy atom. The first-order valence-electron chi connectivity index (χ1n) is 8.61. The fourth-order valence-electron chi connectivity index (χ4n) is 2.56. The number of nitriles is 1. The second-order valence-corrected chi connectivity index (χ2v) is 5.84. The van der Waals surface area contributed by atoms with Crippen LogP contribution < -0.4 is 11.1 Å². The zero-order valence-corrected chi connectivity index (χ0v) is 15.2. The average Bonchev–Trinajstić information content (AvgIpc) is 2.72. The molecule has 28 heavy (non-hydrogen) atoms. The highest BCUT2D eigenvalue weighted by molar-refractivity contribution is 5.89. The number of rotatable bonds is 6. The van der Waals surface area contributed by atoms with Crippen molar-refractivity contribution in [1.82, 2.24) is 15.0 Å². The van der Waals surface area contributed by atoms with Crippen LogP contribution in [0, 0.1) is 11.3 Å². The minimum absolute atomic E-state index is 0.0176. The van der Waals surface area contributed by atoms with Crippen molar-refractivity contribution < 1.29 is 9.53 Å². The van der Waals surface area contributed by atoms with E-state index < -0.39 is 5.97 Å². The molecule has 3 aromatic rings. The number of para-hydroxylation sites is 1. The van der Waals surface area contributed by atoms with Gasteiger partial charge >= 0.3 is 5.97 Å². The summed E-state index contributed by atoms with van der Waals surface area (Å²) in [6.07, 6.45) is 0.843. The van der Waals surface area contributed by atoms with Gasteiger partial charge in [-0.2, -0.15) is 20.2 Å². The van der Waals surface area contributed by atoms with Crippen molar-refractivity contribution in [2.24, 2.45) is 0 Å². The first kappa shape index (κ1) is 18.8. The number of nitrogens with one attached hydrogen (secondary N) is 1. The maximum atomic E-state index is 12.2. The van der Waals surface area contributed by atoms with Gasteiger partial charge in [0.15, 0.2) is 12.4 Å². The Morgan fingerprint density at radius 1 is 1.18 bits per heavy atom. The number of nitrogens with zero attached hydrogens (tertiary/aromatic N) is 4. The fraction of sp³-hybridized carbons (Fsp3) is 0.150. The van der Waals surface area contributed by atoms with Crippen molar-refractivity contribution >= 4 is 23.6 Å². The Labute approximate surface area is 162 Å². The van der Waals surface area contributed by atoms with Crippen molar-refractivity contribution in [3.63, 3.8) is 0 Å². The van der Waals surface area contributed by atoms with Crippen LogP contribution in [-0.2, 0) is 17.8 Å². The monoisotopic (exact) mass is 374 g/mol. The smallest absolute Gasteiger partial charge is 0.338 e. The maximum absolute atomic E-state index is 12.2. The van der Waals surface area contributed by atoms with Gasteiger partial charge in [0.1, 0.15) is 0 Å². The number of aryl methyl sites for hydroxylation is 1. The lowest BCUT2D eigenvalue weighted by Gasteiger charge is -2.11. The third-order valence-corrected chi connectivity index (χ3v) is 3.90. The minimum Gasteiger partial charge on any atom is -0.454 e. The molecule has 2 aromatic carbocycles. The van der Waals surface area contributed by atoms with Crippen LogP contribution in [0.15, 0.2) is 48.5 Å². The van der Waals surface area contributed by atoms with Crippen LogP contribution in [0.5, 0.6) is 0 Å². The van der Waals surface area contributed by atoms with E-state index in [-0.39, 0.29) is 29.9 Å². The van der Waals surface area contributed by atoms with E-state index in [1.54, 1.807) is 18.2 Å². The molecule has 8 nitrogen and oxygen atoms in total. The molecule has 0 bridgehead atoms. The summed E-state index contributed by atoms with van der Waals surface area (Å²) >= 11 is 0.